The third-order valence-electron chi connectivity index (χ3n) is 2.47. The van der Waals surface area contributed by atoms with Gasteiger partial charge in [0, 0.05) is 3.57 Å². The molecule has 0 saturated heterocycles. The fraction of sp³-hybridized carbons (Fsp3) is 0.0769. The highest BCUT2D eigenvalue weighted by Crippen LogP contribution is 2.34. The van der Waals surface area contributed by atoms with Gasteiger partial charge in [-0.05, 0) is 58.0 Å². The topological polar surface area (TPSA) is 0 Å². The third kappa shape index (κ3) is 2.88. The van der Waals surface area contributed by atoms with Crippen LogP contribution in [0, 0.1) is 21.0 Å². The normalized spacial score (nSPS) is 12.5. The molecule has 5 heteroatoms. The van der Waals surface area contributed by atoms with Crippen molar-refractivity contribution in [1.29, 1.82) is 0 Å². The molecule has 94 valence electrons. The van der Waals surface area contributed by atoms with Gasteiger partial charge in [0.1, 0.15) is 5.82 Å². The molecule has 0 saturated carbocycles. The van der Waals surface area contributed by atoms with Crippen LogP contribution in [0.25, 0.3) is 0 Å². The summed E-state index contributed by atoms with van der Waals surface area (Å²) in [7, 11) is 0. The first-order valence-corrected chi connectivity index (χ1v) is 7.02. The summed E-state index contributed by atoms with van der Waals surface area (Å²) < 4.78 is 39.7. The predicted molar refractivity (Wildman–Crippen MR) is 76.2 cm³/mol. The molecule has 2 aromatic carbocycles. The molecule has 0 spiro atoms. The summed E-state index contributed by atoms with van der Waals surface area (Å²) in [6.07, 6.45) is 0. The van der Waals surface area contributed by atoms with Gasteiger partial charge in [-0.15, -0.1) is 0 Å². The highest BCUT2D eigenvalue weighted by atomic mass is 127. The van der Waals surface area contributed by atoms with Crippen LogP contribution in [0.2, 0.25) is 0 Å². The number of benzene rings is 2. The van der Waals surface area contributed by atoms with E-state index in [-0.39, 0.29) is 10.6 Å². The lowest BCUT2D eigenvalue weighted by Crippen LogP contribution is -1.98. The Hall–Kier alpha value is -0.560. The van der Waals surface area contributed by atoms with Gasteiger partial charge in [-0.3, -0.25) is 0 Å². The van der Waals surface area contributed by atoms with Crippen LogP contribution in [-0.4, -0.2) is 0 Å². The van der Waals surface area contributed by atoms with E-state index < -0.39 is 11.6 Å². The molecule has 0 aromatic heterocycles. The van der Waals surface area contributed by atoms with Crippen LogP contribution in [0.1, 0.15) is 16.0 Å². The Labute approximate surface area is 124 Å². The van der Waals surface area contributed by atoms with E-state index in [0.29, 0.717) is 5.56 Å². The van der Waals surface area contributed by atoms with Crippen LogP contribution in [0.4, 0.5) is 13.2 Å². The number of halogens is 5. The first-order chi connectivity index (χ1) is 8.49. The standard InChI is InChI=1S/C13H7BrF3I/c14-13(7-1-4-10(16)11(17)5-7)9-3-2-8(15)6-12(9)18/h1-6,13H. The van der Waals surface area contributed by atoms with Crippen molar-refractivity contribution < 1.29 is 13.2 Å². The second kappa shape index (κ2) is 5.61. The first-order valence-electron chi connectivity index (χ1n) is 5.03. The average molecular weight is 427 g/mol. The maximum absolute atomic E-state index is 13.2. The zero-order valence-corrected chi connectivity index (χ0v) is 12.7. The molecule has 2 rings (SSSR count). The van der Waals surface area contributed by atoms with Gasteiger partial charge in [-0.25, -0.2) is 13.2 Å². The Morgan fingerprint density at radius 3 is 2.28 bits per heavy atom. The van der Waals surface area contributed by atoms with Crippen molar-refractivity contribution in [3.63, 3.8) is 0 Å². The summed E-state index contributed by atoms with van der Waals surface area (Å²) in [4.78, 5) is -0.305. The highest BCUT2D eigenvalue weighted by Gasteiger charge is 2.15. The van der Waals surface area contributed by atoms with Crippen LogP contribution in [-0.2, 0) is 0 Å². The molecule has 0 radical (unpaired) electrons. The molecule has 2 aromatic rings. The Bertz CT molecular complexity index is 586. The molecule has 1 unspecified atom stereocenters. The number of hydrogen-bond donors (Lipinski definition) is 0. The van der Waals surface area contributed by atoms with Crippen molar-refractivity contribution >= 4 is 38.5 Å². The minimum absolute atomic E-state index is 0.305. The molecule has 0 N–H and O–H groups in total. The Morgan fingerprint density at radius 2 is 1.67 bits per heavy atom. The third-order valence-corrected chi connectivity index (χ3v) is 4.43. The van der Waals surface area contributed by atoms with E-state index >= 15 is 0 Å². The molecule has 18 heavy (non-hydrogen) atoms. The van der Waals surface area contributed by atoms with E-state index in [1.165, 1.54) is 18.2 Å². The molecule has 0 bridgehead atoms. The molecule has 0 fully saturated rings. The molecule has 1 atom stereocenters. The van der Waals surface area contributed by atoms with Crippen molar-refractivity contribution in [2.75, 3.05) is 0 Å². The lowest BCUT2D eigenvalue weighted by Gasteiger charge is -2.13. The first kappa shape index (κ1) is 13.9. The van der Waals surface area contributed by atoms with Crippen molar-refractivity contribution in [1.82, 2.24) is 0 Å². The van der Waals surface area contributed by atoms with E-state index in [1.807, 2.05) is 22.6 Å². The largest absolute Gasteiger partial charge is 0.207 e. The van der Waals surface area contributed by atoms with Gasteiger partial charge in [0.2, 0.25) is 0 Å². The zero-order chi connectivity index (χ0) is 13.3. The van der Waals surface area contributed by atoms with Crippen molar-refractivity contribution in [3.8, 4) is 0 Å². The molecule has 0 aliphatic carbocycles. The van der Waals surface area contributed by atoms with Gasteiger partial charge in [-0.2, -0.15) is 0 Å². The lowest BCUT2D eigenvalue weighted by atomic mass is 10.0. The van der Waals surface area contributed by atoms with Crippen LogP contribution in [0.15, 0.2) is 36.4 Å². The molecular weight excluding hydrogens is 420 g/mol. The Morgan fingerprint density at radius 1 is 0.944 bits per heavy atom. The molecule has 0 aliphatic rings. The quantitative estimate of drug-likeness (QED) is 0.457. The summed E-state index contributed by atoms with van der Waals surface area (Å²) in [6, 6.07) is 8.06. The fourth-order valence-corrected chi connectivity index (χ4v) is 3.46. The second-order valence-electron chi connectivity index (χ2n) is 3.70. The summed E-state index contributed by atoms with van der Waals surface area (Å²) in [5.41, 5.74) is 1.39. The van der Waals surface area contributed by atoms with Gasteiger partial charge in [0.15, 0.2) is 11.6 Å². The second-order valence-corrected chi connectivity index (χ2v) is 5.78. The van der Waals surface area contributed by atoms with E-state index in [1.54, 1.807) is 6.07 Å². The van der Waals surface area contributed by atoms with E-state index in [2.05, 4.69) is 15.9 Å². The Kier molecular flexibility index (Phi) is 4.32. The highest BCUT2D eigenvalue weighted by molar-refractivity contribution is 14.1. The summed E-state index contributed by atoms with van der Waals surface area (Å²) in [6.45, 7) is 0. The number of alkyl halides is 1. The fourth-order valence-electron chi connectivity index (χ4n) is 1.56. The van der Waals surface area contributed by atoms with Crippen LogP contribution in [0.3, 0.4) is 0 Å². The van der Waals surface area contributed by atoms with E-state index in [4.69, 9.17) is 0 Å². The van der Waals surface area contributed by atoms with E-state index in [0.717, 1.165) is 21.3 Å². The predicted octanol–water partition coefficient (Wildman–Crippen LogP) is 5.19. The Balaban J connectivity index is 2.41. The maximum Gasteiger partial charge on any atom is 0.159 e. The SMILES string of the molecule is Fc1ccc(C(Br)c2ccc(F)c(F)c2)c(I)c1. The number of rotatable bonds is 2. The minimum atomic E-state index is -0.894. The zero-order valence-electron chi connectivity index (χ0n) is 8.93. The molecule has 0 aliphatic heterocycles. The van der Waals surface area contributed by atoms with Crippen molar-refractivity contribution in [2.45, 2.75) is 4.83 Å². The average Bonchev–Trinajstić information content (AvgIpc) is 2.32. The number of hydrogen-bond acceptors (Lipinski definition) is 0. The smallest absolute Gasteiger partial charge is 0.159 e. The van der Waals surface area contributed by atoms with Crippen LogP contribution < -0.4 is 0 Å². The van der Waals surface area contributed by atoms with Gasteiger partial charge in [-0.1, -0.05) is 28.1 Å². The lowest BCUT2D eigenvalue weighted by molar-refractivity contribution is 0.507. The van der Waals surface area contributed by atoms with Gasteiger partial charge in [0.05, 0.1) is 4.83 Å². The summed E-state index contributed by atoms with van der Waals surface area (Å²) in [5, 5.41) is 0. The maximum atomic E-state index is 13.2. The van der Waals surface area contributed by atoms with Crippen molar-refractivity contribution in [2.24, 2.45) is 0 Å². The summed E-state index contributed by atoms with van der Waals surface area (Å²) >= 11 is 5.42. The van der Waals surface area contributed by atoms with Crippen LogP contribution in [0.5, 0.6) is 0 Å². The van der Waals surface area contributed by atoms with E-state index in [9.17, 15) is 13.2 Å². The minimum Gasteiger partial charge on any atom is -0.207 e. The molecule has 0 amide bonds. The molecule has 0 heterocycles. The molecular formula is C13H7BrF3I. The van der Waals surface area contributed by atoms with Crippen molar-refractivity contribution in [3.05, 3.63) is 68.5 Å². The van der Waals surface area contributed by atoms with Crippen LogP contribution >= 0.6 is 38.5 Å². The molecule has 0 nitrogen and oxygen atoms in total. The van der Waals surface area contributed by atoms with Gasteiger partial charge >= 0.3 is 0 Å². The summed E-state index contributed by atoms with van der Waals surface area (Å²) in [5.74, 6) is -2.10. The monoisotopic (exact) mass is 426 g/mol. The van der Waals surface area contributed by atoms with Gasteiger partial charge in [0.25, 0.3) is 0 Å². The van der Waals surface area contributed by atoms with Gasteiger partial charge < -0.3 is 0 Å².